The van der Waals surface area contributed by atoms with Crippen molar-refractivity contribution in [3.8, 4) is 0 Å². The Hall–Kier alpha value is -0.890. The number of furan rings is 1. The van der Waals surface area contributed by atoms with Crippen molar-refractivity contribution in [1.82, 2.24) is 9.62 Å². The SMILES string of the molecule is Cc1ccc(CN2CC[C@@H]3[C@@H](CO[C@H]3CNS(C)(=O)=O)C2)o1. The Labute approximate surface area is 131 Å². The number of hydrogen-bond donors (Lipinski definition) is 1. The highest BCUT2D eigenvalue weighted by molar-refractivity contribution is 7.88. The van der Waals surface area contributed by atoms with Crippen molar-refractivity contribution in [3.63, 3.8) is 0 Å². The van der Waals surface area contributed by atoms with Gasteiger partial charge >= 0.3 is 0 Å². The van der Waals surface area contributed by atoms with Gasteiger partial charge in [-0.05, 0) is 37.9 Å². The molecule has 0 aromatic carbocycles. The molecule has 0 bridgehead atoms. The zero-order chi connectivity index (χ0) is 15.7. The van der Waals surface area contributed by atoms with Crippen LogP contribution >= 0.6 is 0 Å². The summed E-state index contributed by atoms with van der Waals surface area (Å²) >= 11 is 0. The topological polar surface area (TPSA) is 71.8 Å². The number of piperidine rings is 1. The monoisotopic (exact) mass is 328 g/mol. The van der Waals surface area contributed by atoms with E-state index in [2.05, 4.69) is 9.62 Å². The average molecular weight is 328 g/mol. The Balaban J connectivity index is 1.53. The summed E-state index contributed by atoms with van der Waals surface area (Å²) in [5.74, 6) is 2.88. The lowest BCUT2D eigenvalue weighted by Crippen LogP contribution is -2.43. The minimum atomic E-state index is -3.15. The van der Waals surface area contributed by atoms with Crippen LogP contribution in [-0.2, 0) is 21.3 Å². The minimum absolute atomic E-state index is 0.00716. The molecule has 3 atom stereocenters. The second kappa shape index (κ2) is 6.31. The quantitative estimate of drug-likeness (QED) is 0.872. The first-order valence-corrected chi connectivity index (χ1v) is 9.64. The van der Waals surface area contributed by atoms with E-state index in [0.717, 1.165) is 37.6 Å². The highest BCUT2D eigenvalue weighted by atomic mass is 32.2. The van der Waals surface area contributed by atoms with Gasteiger partial charge in [-0.25, -0.2) is 13.1 Å². The van der Waals surface area contributed by atoms with Gasteiger partial charge in [-0.3, -0.25) is 4.90 Å². The highest BCUT2D eigenvalue weighted by Crippen LogP contribution is 2.34. The van der Waals surface area contributed by atoms with Gasteiger partial charge in [-0.15, -0.1) is 0 Å². The molecule has 0 spiro atoms. The predicted molar refractivity (Wildman–Crippen MR) is 82.9 cm³/mol. The second-order valence-electron chi connectivity index (χ2n) is 6.45. The van der Waals surface area contributed by atoms with Crippen LogP contribution in [0.25, 0.3) is 0 Å². The third-order valence-electron chi connectivity index (χ3n) is 4.60. The van der Waals surface area contributed by atoms with Crippen LogP contribution in [0.3, 0.4) is 0 Å². The lowest BCUT2D eigenvalue weighted by Gasteiger charge is -2.35. The van der Waals surface area contributed by atoms with Crippen LogP contribution in [-0.4, -0.2) is 51.9 Å². The zero-order valence-corrected chi connectivity index (χ0v) is 13.9. The van der Waals surface area contributed by atoms with Gasteiger partial charge in [-0.2, -0.15) is 0 Å². The summed E-state index contributed by atoms with van der Waals surface area (Å²) in [5, 5.41) is 0. The largest absolute Gasteiger partial charge is 0.465 e. The summed E-state index contributed by atoms with van der Waals surface area (Å²) in [6, 6.07) is 4.03. The lowest BCUT2D eigenvalue weighted by molar-refractivity contribution is 0.0877. The van der Waals surface area contributed by atoms with Crippen LogP contribution in [0.5, 0.6) is 0 Å². The summed E-state index contributed by atoms with van der Waals surface area (Å²) in [6.45, 7) is 5.88. The summed E-state index contributed by atoms with van der Waals surface area (Å²) in [5.41, 5.74) is 0. The zero-order valence-electron chi connectivity index (χ0n) is 13.1. The predicted octanol–water partition coefficient (Wildman–Crippen LogP) is 0.974. The molecule has 124 valence electrons. The molecule has 0 amide bonds. The van der Waals surface area contributed by atoms with Crippen molar-refractivity contribution >= 4 is 10.0 Å². The summed E-state index contributed by atoms with van der Waals surface area (Å²) in [6.07, 6.45) is 2.24. The fraction of sp³-hybridized carbons (Fsp3) is 0.733. The number of aryl methyl sites for hydroxylation is 1. The van der Waals surface area contributed by atoms with Gasteiger partial charge in [-0.1, -0.05) is 0 Å². The summed E-state index contributed by atoms with van der Waals surface area (Å²) < 4.78 is 36.5. The van der Waals surface area contributed by atoms with Crippen molar-refractivity contribution in [2.45, 2.75) is 26.0 Å². The second-order valence-corrected chi connectivity index (χ2v) is 8.29. The Bertz CT molecular complexity index is 613. The van der Waals surface area contributed by atoms with Gasteiger partial charge < -0.3 is 9.15 Å². The number of fused-ring (bicyclic) bond motifs is 1. The van der Waals surface area contributed by atoms with E-state index >= 15 is 0 Å². The maximum Gasteiger partial charge on any atom is 0.208 e. The van der Waals surface area contributed by atoms with E-state index in [0.29, 0.717) is 25.0 Å². The molecule has 3 rings (SSSR count). The van der Waals surface area contributed by atoms with Crippen LogP contribution in [0.2, 0.25) is 0 Å². The fourth-order valence-corrected chi connectivity index (χ4v) is 4.01. The third-order valence-corrected chi connectivity index (χ3v) is 5.29. The number of rotatable bonds is 5. The van der Waals surface area contributed by atoms with Gasteiger partial charge in [0.15, 0.2) is 0 Å². The van der Waals surface area contributed by atoms with Crippen molar-refractivity contribution < 1.29 is 17.6 Å². The van der Waals surface area contributed by atoms with Crippen molar-refractivity contribution in [2.75, 3.05) is 32.5 Å². The molecular weight excluding hydrogens is 304 g/mol. The molecule has 0 saturated carbocycles. The lowest BCUT2D eigenvalue weighted by atomic mass is 9.84. The maximum absolute atomic E-state index is 11.2. The molecule has 0 unspecified atom stereocenters. The van der Waals surface area contributed by atoms with Gasteiger partial charge in [0, 0.05) is 19.0 Å². The van der Waals surface area contributed by atoms with Gasteiger partial charge in [0.05, 0.1) is 25.5 Å². The van der Waals surface area contributed by atoms with Crippen LogP contribution < -0.4 is 4.72 Å². The Morgan fingerprint density at radius 3 is 2.91 bits per heavy atom. The van der Waals surface area contributed by atoms with Crippen molar-refractivity contribution in [1.29, 1.82) is 0 Å². The molecule has 2 saturated heterocycles. The molecule has 2 aliphatic heterocycles. The third kappa shape index (κ3) is 3.90. The Morgan fingerprint density at radius 1 is 1.41 bits per heavy atom. The van der Waals surface area contributed by atoms with E-state index < -0.39 is 10.0 Å². The molecule has 2 fully saturated rings. The highest BCUT2D eigenvalue weighted by Gasteiger charge is 2.40. The van der Waals surface area contributed by atoms with E-state index in [1.54, 1.807) is 0 Å². The minimum Gasteiger partial charge on any atom is -0.465 e. The van der Waals surface area contributed by atoms with Crippen molar-refractivity contribution in [3.05, 3.63) is 23.7 Å². The van der Waals surface area contributed by atoms with Gasteiger partial charge in [0.1, 0.15) is 11.5 Å². The summed E-state index contributed by atoms with van der Waals surface area (Å²) in [7, 11) is -3.15. The number of nitrogens with one attached hydrogen (secondary N) is 1. The summed E-state index contributed by atoms with van der Waals surface area (Å²) in [4.78, 5) is 2.40. The molecular formula is C15H24N2O4S. The number of likely N-dealkylation sites (tertiary alicyclic amines) is 1. The normalized spacial score (nSPS) is 29.6. The van der Waals surface area contributed by atoms with E-state index in [4.69, 9.17) is 9.15 Å². The van der Waals surface area contributed by atoms with E-state index in [1.165, 1.54) is 6.26 Å². The first kappa shape index (κ1) is 16.0. The molecule has 2 aliphatic rings. The molecule has 0 aliphatic carbocycles. The van der Waals surface area contributed by atoms with Gasteiger partial charge in [0.25, 0.3) is 0 Å². The first-order chi connectivity index (χ1) is 10.4. The van der Waals surface area contributed by atoms with Crippen LogP contribution in [0, 0.1) is 18.8 Å². The number of hydrogen-bond acceptors (Lipinski definition) is 5. The smallest absolute Gasteiger partial charge is 0.208 e. The van der Waals surface area contributed by atoms with Crippen LogP contribution in [0.15, 0.2) is 16.5 Å². The maximum atomic E-state index is 11.2. The Morgan fingerprint density at radius 2 is 2.23 bits per heavy atom. The number of nitrogens with zero attached hydrogens (tertiary/aromatic N) is 1. The fourth-order valence-electron chi connectivity index (χ4n) is 3.54. The molecule has 6 nitrogen and oxygen atoms in total. The van der Waals surface area contributed by atoms with E-state index in [-0.39, 0.29) is 6.10 Å². The average Bonchev–Trinajstić information content (AvgIpc) is 3.02. The molecule has 1 N–H and O–H groups in total. The molecule has 1 aromatic rings. The molecule has 7 heteroatoms. The molecule has 3 heterocycles. The van der Waals surface area contributed by atoms with Crippen LogP contribution in [0.1, 0.15) is 17.9 Å². The van der Waals surface area contributed by atoms with E-state index in [1.807, 2.05) is 19.1 Å². The van der Waals surface area contributed by atoms with E-state index in [9.17, 15) is 8.42 Å². The van der Waals surface area contributed by atoms with Gasteiger partial charge in [0.2, 0.25) is 10.0 Å². The first-order valence-electron chi connectivity index (χ1n) is 7.74. The van der Waals surface area contributed by atoms with Crippen molar-refractivity contribution in [2.24, 2.45) is 11.8 Å². The molecule has 0 radical (unpaired) electrons. The number of sulfonamides is 1. The number of ether oxygens (including phenoxy) is 1. The van der Waals surface area contributed by atoms with Crippen LogP contribution in [0.4, 0.5) is 0 Å². The Kier molecular flexibility index (Phi) is 4.59. The molecule has 1 aromatic heterocycles. The standard InChI is InChI=1S/C15H24N2O4S/c1-11-3-4-13(21-11)9-17-6-5-14-12(8-17)10-20-15(14)7-16-22(2,18)19/h3-4,12,14-16H,5-10H2,1-2H3/t12-,14-,15+/m1/s1. The molecule has 22 heavy (non-hydrogen) atoms.